The van der Waals surface area contributed by atoms with E-state index in [1.54, 1.807) is 11.3 Å². The van der Waals surface area contributed by atoms with Gasteiger partial charge < -0.3 is 10.6 Å². The van der Waals surface area contributed by atoms with Gasteiger partial charge in [0, 0.05) is 35.6 Å². The van der Waals surface area contributed by atoms with Crippen molar-refractivity contribution in [2.45, 2.75) is 32.9 Å². The van der Waals surface area contributed by atoms with Crippen molar-refractivity contribution in [1.82, 2.24) is 20.4 Å². The Morgan fingerprint density at radius 3 is 2.74 bits per heavy atom. The summed E-state index contributed by atoms with van der Waals surface area (Å²) in [4.78, 5) is 6.09. The minimum absolute atomic E-state index is 0.461. The predicted octanol–water partition coefficient (Wildman–Crippen LogP) is 3.85. The van der Waals surface area contributed by atoms with Crippen molar-refractivity contribution in [2.75, 3.05) is 13.1 Å². The van der Waals surface area contributed by atoms with E-state index in [0.29, 0.717) is 12.5 Å². The Labute approximate surface area is 165 Å². The zero-order valence-electron chi connectivity index (χ0n) is 15.9. The number of hydrogen-bond donors (Lipinski definition) is 2. The van der Waals surface area contributed by atoms with Crippen LogP contribution in [-0.4, -0.2) is 28.8 Å². The van der Waals surface area contributed by atoms with Crippen LogP contribution in [0.5, 0.6) is 0 Å². The lowest BCUT2D eigenvalue weighted by molar-refractivity contribution is 0.686. The fraction of sp³-hybridized carbons (Fsp3) is 0.333. The SMILES string of the molecule is CCNC(=NCc1cnn(Cc2ccccc2)c1)NCC(C)c1cccs1. The summed E-state index contributed by atoms with van der Waals surface area (Å²) in [5.41, 5.74) is 2.35. The van der Waals surface area contributed by atoms with Gasteiger partial charge in [-0.25, -0.2) is 4.99 Å². The average Bonchev–Trinajstić information content (AvgIpc) is 3.37. The summed E-state index contributed by atoms with van der Waals surface area (Å²) in [7, 11) is 0. The van der Waals surface area contributed by atoms with Crippen molar-refractivity contribution in [1.29, 1.82) is 0 Å². The molecule has 0 saturated carbocycles. The summed E-state index contributed by atoms with van der Waals surface area (Å²) in [6, 6.07) is 14.6. The number of thiophene rings is 1. The zero-order valence-corrected chi connectivity index (χ0v) is 16.7. The van der Waals surface area contributed by atoms with Gasteiger partial charge in [-0.15, -0.1) is 11.3 Å². The molecule has 0 fully saturated rings. The molecule has 0 radical (unpaired) electrons. The monoisotopic (exact) mass is 381 g/mol. The first-order valence-corrected chi connectivity index (χ1v) is 10.2. The highest BCUT2D eigenvalue weighted by Crippen LogP contribution is 2.19. The number of aliphatic imine (C=N–C) groups is 1. The number of rotatable bonds is 8. The molecule has 5 nitrogen and oxygen atoms in total. The maximum atomic E-state index is 4.70. The topological polar surface area (TPSA) is 54.2 Å². The highest BCUT2D eigenvalue weighted by Gasteiger charge is 2.07. The Morgan fingerprint density at radius 2 is 2.00 bits per heavy atom. The number of hydrogen-bond acceptors (Lipinski definition) is 3. The molecule has 6 heteroatoms. The minimum atomic E-state index is 0.461. The van der Waals surface area contributed by atoms with Crippen molar-refractivity contribution in [2.24, 2.45) is 4.99 Å². The Kier molecular flexibility index (Phi) is 7.04. The second-order valence-corrected chi connectivity index (χ2v) is 7.50. The third-order valence-corrected chi connectivity index (χ3v) is 5.35. The van der Waals surface area contributed by atoms with Crippen LogP contribution >= 0.6 is 11.3 Å². The van der Waals surface area contributed by atoms with Gasteiger partial charge in [0.1, 0.15) is 0 Å². The molecule has 0 aliphatic heterocycles. The lowest BCUT2D eigenvalue weighted by atomic mass is 10.1. The molecular formula is C21H27N5S. The van der Waals surface area contributed by atoms with Crippen LogP contribution in [0.2, 0.25) is 0 Å². The fourth-order valence-corrected chi connectivity index (χ4v) is 3.57. The van der Waals surface area contributed by atoms with Crippen molar-refractivity contribution in [3.8, 4) is 0 Å². The summed E-state index contributed by atoms with van der Waals surface area (Å²) in [6.07, 6.45) is 3.96. The Bertz CT molecular complexity index is 823. The standard InChI is InChI=1S/C21H27N5S/c1-3-22-21(23-12-17(2)20-10-7-11-27-20)24-13-19-14-25-26(16-19)15-18-8-5-4-6-9-18/h4-11,14,16-17H,3,12-13,15H2,1-2H3,(H2,22,23,24). The van der Waals surface area contributed by atoms with Crippen molar-refractivity contribution >= 4 is 17.3 Å². The number of aromatic nitrogens is 2. The lowest BCUT2D eigenvalue weighted by Gasteiger charge is -2.14. The smallest absolute Gasteiger partial charge is 0.191 e. The number of guanidine groups is 1. The fourth-order valence-electron chi connectivity index (χ4n) is 2.78. The molecule has 142 valence electrons. The molecule has 1 unspecified atom stereocenters. The molecule has 2 N–H and O–H groups in total. The van der Waals surface area contributed by atoms with Crippen molar-refractivity contribution in [3.05, 3.63) is 76.2 Å². The molecule has 3 aromatic rings. The molecule has 0 amide bonds. The van der Waals surface area contributed by atoms with Gasteiger partial charge in [0.2, 0.25) is 0 Å². The summed E-state index contributed by atoms with van der Waals surface area (Å²) < 4.78 is 1.96. The first-order chi connectivity index (χ1) is 13.2. The maximum absolute atomic E-state index is 4.70. The largest absolute Gasteiger partial charge is 0.357 e. The van der Waals surface area contributed by atoms with E-state index in [1.165, 1.54) is 10.4 Å². The molecule has 1 atom stereocenters. The van der Waals surface area contributed by atoms with Gasteiger partial charge in [-0.2, -0.15) is 5.10 Å². The van der Waals surface area contributed by atoms with Crippen LogP contribution in [-0.2, 0) is 13.1 Å². The maximum Gasteiger partial charge on any atom is 0.191 e. The zero-order chi connectivity index (χ0) is 18.9. The van der Waals surface area contributed by atoms with E-state index in [2.05, 4.69) is 77.6 Å². The van der Waals surface area contributed by atoms with Crippen LogP contribution in [0.25, 0.3) is 0 Å². The van der Waals surface area contributed by atoms with Crippen LogP contribution in [0, 0.1) is 0 Å². The second kappa shape index (κ2) is 9.92. The normalized spacial score (nSPS) is 12.7. The van der Waals surface area contributed by atoms with Gasteiger partial charge in [0.05, 0.1) is 19.3 Å². The van der Waals surface area contributed by atoms with Crippen LogP contribution in [0.1, 0.15) is 35.8 Å². The Balaban J connectivity index is 1.55. The van der Waals surface area contributed by atoms with E-state index >= 15 is 0 Å². The number of benzene rings is 1. The lowest BCUT2D eigenvalue weighted by Crippen LogP contribution is -2.39. The summed E-state index contributed by atoms with van der Waals surface area (Å²) in [6.45, 7) is 7.40. The molecule has 0 saturated heterocycles. The molecule has 1 aromatic carbocycles. The van der Waals surface area contributed by atoms with Gasteiger partial charge in [-0.1, -0.05) is 43.3 Å². The highest BCUT2D eigenvalue weighted by molar-refractivity contribution is 7.10. The number of nitrogens with zero attached hydrogens (tertiary/aromatic N) is 3. The van der Waals surface area contributed by atoms with Gasteiger partial charge in [0.15, 0.2) is 5.96 Å². The molecule has 2 aromatic heterocycles. The van der Waals surface area contributed by atoms with E-state index in [1.807, 2.05) is 16.9 Å². The van der Waals surface area contributed by atoms with E-state index in [0.717, 1.165) is 31.2 Å². The first-order valence-electron chi connectivity index (χ1n) is 9.35. The molecule has 0 bridgehead atoms. The van der Waals surface area contributed by atoms with Crippen LogP contribution in [0.15, 0.2) is 65.2 Å². The first kappa shape index (κ1) is 19.2. The van der Waals surface area contributed by atoms with E-state index < -0.39 is 0 Å². The van der Waals surface area contributed by atoms with Gasteiger partial charge >= 0.3 is 0 Å². The predicted molar refractivity (Wildman–Crippen MR) is 113 cm³/mol. The van der Waals surface area contributed by atoms with E-state index in [9.17, 15) is 0 Å². The third-order valence-electron chi connectivity index (χ3n) is 4.24. The van der Waals surface area contributed by atoms with E-state index in [4.69, 9.17) is 4.99 Å². The highest BCUT2D eigenvalue weighted by atomic mass is 32.1. The Hall–Kier alpha value is -2.60. The third kappa shape index (κ3) is 5.96. The van der Waals surface area contributed by atoms with Crippen molar-refractivity contribution in [3.63, 3.8) is 0 Å². The molecule has 0 aliphatic carbocycles. The molecule has 2 heterocycles. The average molecular weight is 382 g/mol. The molecule has 3 rings (SSSR count). The number of nitrogens with one attached hydrogen (secondary N) is 2. The van der Waals surface area contributed by atoms with Crippen molar-refractivity contribution < 1.29 is 0 Å². The van der Waals surface area contributed by atoms with Crippen LogP contribution in [0.4, 0.5) is 0 Å². The molecule has 27 heavy (non-hydrogen) atoms. The minimum Gasteiger partial charge on any atom is -0.357 e. The quantitative estimate of drug-likeness (QED) is 0.460. The van der Waals surface area contributed by atoms with Gasteiger partial charge in [-0.05, 0) is 23.9 Å². The van der Waals surface area contributed by atoms with Gasteiger partial charge in [-0.3, -0.25) is 4.68 Å². The summed E-state index contributed by atoms with van der Waals surface area (Å²) in [5.74, 6) is 1.30. The van der Waals surface area contributed by atoms with E-state index in [-0.39, 0.29) is 0 Å². The summed E-state index contributed by atoms with van der Waals surface area (Å²) >= 11 is 1.80. The van der Waals surface area contributed by atoms with Crippen LogP contribution < -0.4 is 10.6 Å². The van der Waals surface area contributed by atoms with Gasteiger partial charge in [0.25, 0.3) is 0 Å². The Morgan fingerprint density at radius 1 is 1.15 bits per heavy atom. The molecule has 0 aliphatic rings. The summed E-state index contributed by atoms with van der Waals surface area (Å²) in [5, 5.41) is 13.3. The molecular weight excluding hydrogens is 354 g/mol. The van der Waals surface area contributed by atoms with Crippen LogP contribution in [0.3, 0.4) is 0 Å². The molecule has 0 spiro atoms. The second-order valence-electron chi connectivity index (χ2n) is 6.52.